The number of aliphatic hydroxyl groups is 4. The lowest BCUT2D eigenvalue weighted by molar-refractivity contribution is -0.617. The Morgan fingerprint density at radius 1 is 0.414 bits per heavy atom. The van der Waals surface area contributed by atoms with Gasteiger partial charge >= 0.3 is 23.6 Å². The maximum absolute atomic E-state index is 12.8. The van der Waals surface area contributed by atoms with E-state index in [1.807, 2.05) is 38.6 Å². The lowest BCUT2D eigenvalue weighted by atomic mass is 10.1. The van der Waals surface area contributed by atoms with Crippen molar-refractivity contribution in [1.82, 2.24) is 39.1 Å². The molecule has 1 aliphatic rings. The molecule has 12 aromatic rings. The van der Waals surface area contributed by atoms with E-state index in [4.69, 9.17) is 18.9 Å². The third-order valence-corrected chi connectivity index (χ3v) is 19.0. The van der Waals surface area contributed by atoms with Crippen molar-refractivity contribution in [2.75, 3.05) is 49.7 Å². The summed E-state index contributed by atoms with van der Waals surface area (Å²) in [6.07, 6.45) is 11.6. The number of benzene rings is 4. The van der Waals surface area contributed by atoms with Crippen molar-refractivity contribution in [3.63, 3.8) is 0 Å². The Balaban J connectivity index is 0.000000163. The summed E-state index contributed by atoms with van der Waals surface area (Å²) in [6.45, 7) is 23.3. The average Bonchev–Trinajstić information content (AvgIpc) is 1.51. The van der Waals surface area contributed by atoms with Gasteiger partial charge < -0.3 is 81.5 Å². The molecule has 0 aliphatic heterocycles. The molecule has 13 rings (SSSR count). The van der Waals surface area contributed by atoms with Crippen LogP contribution in [0, 0.1) is 34.7 Å². The second kappa shape index (κ2) is 35.9. The molecule has 0 bridgehead atoms. The number of nitrogens with one attached hydrogen (secondary N) is 4. The molecule has 1 saturated carbocycles. The van der Waals surface area contributed by atoms with Gasteiger partial charge in [0.1, 0.15) is 23.0 Å². The Morgan fingerprint density at radius 2 is 0.672 bits per heavy atom. The lowest BCUT2D eigenvalue weighted by Crippen LogP contribution is -2.41. The van der Waals surface area contributed by atoms with E-state index >= 15 is 0 Å². The number of pyridine rings is 4. The number of carbonyl (C=O) groups is 4. The van der Waals surface area contributed by atoms with Gasteiger partial charge in [0, 0.05) is 171 Å². The van der Waals surface area contributed by atoms with E-state index in [9.17, 15) is 60.4 Å². The normalized spacial score (nSPS) is 12.3. The fourth-order valence-electron chi connectivity index (χ4n) is 12.2. The fraction of sp³-hybridized carbons (Fsp3) is 0.381. The molecule has 8 aromatic heterocycles. The molecule has 116 heavy (non-hydrogen) atoms. The maximum atomic E-state index is 12.8. The van der Waals surface area contributed by atoms with Crippen LogP contribution in [0.3, 0.4) is 0 Å². The van der Waals surface area contributed by atoms with Gasteiger partial charge in [0.2, 0.25) is 0 Å². The van der Waals surface area contributed by atoms with Gasteiger partial charge in [0.05, 0.1) is 95.7 Å². The van der Waals surface area contributed by atoms with Gasteiger partial charge in [0.15, 0.2) is 22.8 Å². The highest BCUT2D eigenvalue weighted by molar-refractivity contribution is 6.07. The van der Waals surface area contributed by atoms with E-state index in [1.54, 1.807) is 185 Å². The molecule has 8 N–H and O–H groups in total. The first-order valence-corrected chi connectivity index (χ1v) is 37.9. The lowest BCUT2D eigenvalue weighted by Gasteiger charge is -2.16. The highest BCUT2D eigenvalue weighted by atomic mass is 16.5. The van der Waals surface area contributed by atoms with Crippen LogP contribution in [0.25, 0.3) is 43.6 Å². The van der Waals surface area contributed by atoms with Crippen molar-refractivity contribution in [1.29, 1.82) is 0 Å². The van der Waals surface area contributed by atoms with Crippen LogP contribution in [-0.4, -0.2) is 134 Å². The Hall–Kier alpha value is -12.5. The number of carbonyl (C=O) groups excluding carboxylic acids is 4. The van der Waals surface area contributed by atoms with Crippen molar-refractivity contribution < 1.29 is 77.5 Å². The van der Waals surface area contributed by atoms with Crippen molar-refractivity contribution in [2.24, 2.45) is 0 Å². The van der Waals surface area contributed by atoms with Gasteiger partial charge in [0.25, 0.3) is 22.8 Å². The molecular weight excluding hydrogens is 1490 g/mol. The van der Waals surface area contributed by atoms with Crippen LogP contribution in [0.4, 0.5) is 22.7 Å². The summed E-state index contributed by atoms with van der Waals surface area (Å²) in [5, 5.41) is 121. The summed E-state index contributed by atoms with van der Waals surface area (Å²) < 4.78 is 31.2. The molecule has 0 saturated heterocycles. The summed E-state index contributed by atoms with van der Waals surface area (Å²) >= 11 is 0. The molecule has 1 aliphatic carbocycles. The standard InChI is InChI=1S/C22H26N4O4.C22H28N4O4.2C20H24N4O4/c1-22(2,28)9-10-25-13-15-11-17(20(30-3)12-16(15)24-25)23-21(27)19-6-4-5-18(26(19)29)14-7-8-14;1-14(2)18-7-6-8-19(26(18)29)21(27)23-17-11-15-13-25(10-9-22(3,4)28)24-16(15)12-20(17)30-5;2*1-13-6-5-7-17(24(13)27)19(25)21-16-10-14-12-23(9-8-20(2,3)26)22-15(14)11-18(16)28-4/h4-6,11-14,28H,7-10H2,1-3H3,(H,23,27);6-8,11-14,28H,9-10H2,1-5H3,(H,23,27);2*5-7,10-12,26H,8-9H2,1-4H3,(H,21,25). The summed E-state index contributed by atoms with van der Waals surface area (Å²) in [6, 6.07) is 33.5. The van der Waals surface area contributed by atoms with Crippen LogP contribution in [0.1, 0.15) is 184 Å². The third-order valence-electron chi connectivity index (χ3n) is 19.0. The molecule has 32 heteroatoms. The van der Waals surface area contributed by atoms with Crippen molar-refractivity contribution in [2.45, 2.75) is 182 Å². The number of anilines is 4. The van der Waals surface area contributed by atoms with E-state index in [0.29, 0.717) is 151 Å². The molecule has 0 atom stereocenters. The van der Waals surface area contributed by atoms with E-state index < -0.39 is 46.0 Å². The van der Waals surface area contributed by atoms with E-state index in [1.165, 1.54) is 52.7 Å². The smallest absolute Gasteiger partial charge is 0.321 e. The fourth-order valence-corrected chi connectivity index (χ4v) is 12.2. The zero-order chi connectivity index (χ0) is 84.5. The molecular formula is C84H102N16O16. The summed E-state index contributed by atoms with van der Waals surface area (Å²) in [7, 11) is 6.03. The van der Waals surface area contributed by atoms with Crippen LogP contribution in [0.2, 0.25) is 0 Å². The highest BCUT2D eigenvalue weighted by Crippen LogP contribution is 2.39. The maximum Gasteiger partial charge on any atom is 0.321 e. The first-order valence-electron chi connectivity index (χ1n) is 37.9. The largest absolute Gasteiger partial charge is 0.618 e. The molecule has 1 fully saturated rings. The van der Waals surface area contributed by atoms with Gasteiger partial charge in [-0.2, -0.15) is 39.3 Å². The Kier molecular flexibility index (Phi) is 26.6. The van der Waals surface area contributed by atoms with Gasteiger partial charge in [-0.05, 0) is 142 Å². The third kappa shape index (κ3) is 22.3. The number of hydrogen-bond donors (Lipinski definition) is 8. The minimum Gasteiger partial charge on any atom is -0.618 e. The van der Waals surface area contributed by atoms with Crippen molar-refractivity contribution >= 4 is 90.0 Å². The topological polar surface area (TPSA) is 413 Å². The number of fused-ring (bicyclic) bond motifs is 4. The molecule has 614 valence electrons. The number of nitrogens with zero attached hydrogens (tertiary/aromatic N) is 12. The van der Waals surface area contributed by atoms with Crippen LogP contribution < -0.4 is 59.1 Å². The average molecular weight is 1590 g/mol. The van der Waals surface area contributed by atoms with Crippen molar-refractivity contribution in [3.05, 3.63) is 212 Å². The Morgan fingerprint density at radius 3 is 0.931 bits per heavy atom. The van der Waals surface area contributed by atoms with Crippen LogP contribution in [0.15, 0.2) is 146 Å². The number of amides is 4. The predicted octanol–water partition coefficient (Wildman–Crippen LogP) is 11.0. The zero-order valence-electron chi connectivity index (χ0n) is 68.1. The Labute approximate surface area is 670 Å². The molecule has 4 amide bonds. The SMILES string of the molecule is COc1cc2nn(CCC(C)(C)O)cc2cc1NC(=O)c1cccc(C(C)C)[n+]1[O-].COc1cc2nn(CCC(C)(C)O)cc2cc1NC(=O)c1cccc(C)[n+]1[O-].COc1cc2nn(CCC(C)(C)O)cc2cc1NC(=O)c1cccc(C)[n+]1[O-].COc1cc2nn(CCC(C)(C)O)cc2cc1NC(=O)c1cccc(C2CC2)[n+]1[O-]. The molecule has 4 aromatic carbocycles. The van der Waals surface area contributed by atoms with Gasteiger partial charge in [-0.15, -0.1) is 0 Å². The minimum absolute atomic E-state index is 0.00280. The number of rotatable bonds is 26. The molecule has 32 nitrogen and oxygen atoms in total. The minimum atomic E-state index is -0.785. The summed E-state index contributed by atoms with van der Waals surface area (Å²) in [5.74, 6) is -0.0137. The highest BCUT2D eigenvalue weighted by Gasteiger charge is 2.34. The molecule has 0 unspecified atom stereocenters. The van der Waals surface area contributed by atoms with Crippen molar-refractivity contribution in [3.8, 4) is 23.0 Å². The van der Waals surface area contributed by atoms with E-state index in [0.717, 1.165) is 44.6 Å². The number of ether oxygens (including phenoxy) is 4. The van der Waals surface area contributed by atoms with E-state index in [2.05, 4.69) is 41.7 Å². The summed E-state index contributed by atoms with van der Waals surface area (Å²) in [4.78, 5) is 50.8. The van der Waals surface area contributed by atoms with Gasteiger partial charge in [-0.1, -0.05) is 13.8 Å². The predicted molar refractivity (Wildman–Crippen MR) is 438 cm³/mol. The molecule has 0 spiro atoms. The number of aryl methyl sites for hydroxylation is 6. The first kappa shape index (κ1) is 85.9. The van der Waals surface area contributed by atoms with E-state index in [-0.39, 0.29) is 34.6 Å². The number of methoxy groups -OCH3 is 4. The van der Waals surface area contributed by atoms with Gasteiger partial charge in [-0.3, -0.25) is 37.9 Å². The van der Waals surface area contributed by atoms with Crippen LogP contribution in [-0.2, 0) is 26.2 Å². The number of aromatic nitrogens is 12. The zero-order valence-corrected chi connectivity index (χ0v) is 68.1. The number of hydrogen-bond acceptors (Lipinski definition) is 20. The molecule has 0 radical (unpaired) electrons. The Bertz CT molecular complexity index is 5230. The van der Waals surface area contributed by atoms with Gasteiger partial charge in [-0.25, -0.2) is 0 Å². The second-order valence-corrected chi connectivity index (χ2v) is 31.5. The van der Waals surface area contributed by atoms with Crippen LogP contribution in [0.5, 0.6) is 23.0 Å². The second-order valence-electron chi connectivity index (χ2n) is 31.5. The molecule has 8 heterocycles. The quantitative estimate of drug-likeness (QED) is 0.0184. The summed E-state index contributed by atoms with van der Waals surface area (Å²) in [5.41, 5.74) is 3.64. The monoisotopic (exact) mass is 1590 g/mol. The first-order chi connectivity index (χ1) is 54.7. The van der Waals surface area contributed by atoms with Crippen LogP contribution >= 0.6 is 0 Å².